The molecule has 4 N–H and O–H groups in total. The molecule has 5 rings (SSSR count). The third-order valence-corrected chi connectivity index (χ3v) is 6.38. The molecular formula is C25H27N11O3. The lowest BCUT2D eigenvalue weighted by atomic mass is 10.1. The number of hydrogen-bond donors (Lipinski definition) is 3. The van der Waals surface area contributed by atoms with Gasteiger partial charge in [-0.05, 0) is 25.1 Å². The van der Waals surface area contributed by atoms with Crippen LogP contribution >= 0.6 is 0 Å². The summed E-state index contributed by atoms with van der Waals surface area (Å²) in [5, 5.41) is 16.1. The summed E-state index contributed by atoms with van der Waals surface area (Å²) in [6, 6.07) is 5.56. The van der Waals surface area contributed by atoms with Crippen molar-refractivity contribution in [2.24, 2.45) is 5.73 Å². The first-order chi connectivity index (χ1) is 18.9. The standard InChI is InChI=1S/C25H27N11O3/c1-4-18(39-3)19-16(13-28-21(19)23(26)36-14-29-15(2)32-36)22(37)25(38)35-11-9-34(10-12-35)24-20(30-33-31-24)17-7-5-6-8-27-17/h4-8,13-14,28H,1,9-12,26H2,2-3H3,(H,30,31,33)/b19-18+,23-21-. The fourth-order valence-electron chi connectivity index (χ4n) is 4.42. The van der Waals surface area contributed by atoms with Crippen molar-refractivity contribution in [2.45, 2.75) is 6.92 Å². The van der Waals surface area contributed by atoms with E-state index in [1.165, 1.54) is 35.3 Å². The van der Waals surface area contributed by atoms with Crippen molar-refractivity contribution in [3.05, 3.63) is 71.5 Å². The Labute approximate surface area is 222 Å². The number of aromatic amines is 2. The van der Waals surface area contributed by atoms with E-state index in [0.29, 0.717) is 59.8 Å². The van der Waals surface area contributed by atoms with E-state index in [9.17, 15) is 9.59 Å². The van der Waals surface area contributed by atoms with E-state index in [4.69, 9.17) is 10.5 Å². The number of nitrogens with two attached hydrogens (primary N) is 1. The van der Waals surface area contributed by atoms with Crippen molar-refractivity contribution in [2.75, 3.05) is 38.2 Å². The zero-order chi connectivity index (χ0) is 27.5. The van der Waals surface area contributed by atoms with Gasteiger partial charge in [-0.3, -0.25) is 14.6 Å². The van der Waals surface area contributed by atoms with Crippen LogP contribution in [0.3, 0.4) is 0 Å². The Balaban J connectivity index is 1.40. The average molecular weight is 530 g/mol. The molecule has 0 atom stereocenters. The fraction of sp³-hybridized carbons (Fsp3) is 0.240. The number of anilines is 1. The number of piperazine rings is 1. The Bertz CT molecular complexity index is 1640. The number of aryl methyl sites for hydroxylation is 1. The number of aromatic nitrogens is 8. The van der Waals surface area contributed by atoms with Gasteiger partial charge in [0.1, 0.15) is 17.9 Å². The van der Waals surface area contributed by atoms with Gasteiger partial charge in [-0.2, -0.15) is 15.4 Å². The number of carbonyl (C=O) groups excluding carboxylic acids is 2. The second kappa shape index (κ2) is 10.6. The molecule has 0 aliphatic carbocycles. The number of nitrogens with zero attached hydrogens (tertiary/aromatic N) is 8. The summed E-state index contributed by atoms with van der Waals surface area (Å²) in [6.45, 7) is 7.07. The van der Waals surface area contributed by atoms with Crippen molar-refractivity contribution < 1.29 is 14.3 Å². The molecule has 1 fully saturated rings. The number of ketones is 1. The number of pyridine rings is 1. The van der Waals surface area contributed by atoms with Crippen LogP contribution in [0, 0.1) is 6.92 Å². The molecule has 0 spiro atoms. The van der Waals surface area contributed by atoms with Crippen molar-refractivity contribution in [1.82, 2.24) is 45.0 Å². The van der Waals surface area contributed by atoms with Crippen LogP contribution in [0.4, 0.5) is 5.82 Å². The highest BCUT2D eigenvalue weighted by Gasteiger charge is 2.30. The van der Waals surface area contributed by atoms with Crippen molar-refractivity contribution in [1.29, 1.82) is 0 Å². The van der Waals surface area contributed by atoms with Gasteiger partial charge in [0.25, 0.3) is 11.7 Å². The zero-order valence-corrected chi connectivity index (χ0v) is 21.5. The number of ether oxygens (including phenoxy) is 1. The number of hydrogen-bond acceptors (Lipinski definition) is 10. The van der Waals surface area contributed by atoms with E-state index >= 15 is 0 Å². The molecule has 4 aromatic rings. The van der Waals surface area contributed by atoms with E-state index in [-0.39, 0.29) is 17.1 Å². The summed E-state index contributed by atoms with van der Waals surface area (Å²) in [7, 11) is 1.45. The molecule has 0 unspecified atom stereocenters. The number of amides is 1. The summed E-state index contributed by atoms with van der Waals surface area (Å²) in [4.78, 5) is 41.8. The fourth-order valence-corrected chi connectivity index (χ4v) is 4.42. The molecule has 0 radical (unpaired) electrons. The largest absolute Gasteiger partial charge is 0.496 e. The molecule has 1 saturated heterocycles. The molecule has 1 aliphatic rings. The minimum absolute atomic E-state index is 0.114. The molecule has 14 nitrogen and oxygen atoms in total. The lowest BCUT2D eigenvalue weighted by Crippen LogP contribution is -2.51. The normalized spacial score (nSPS) is 15.1. The molecular weight excluding hydrogens is 502 g/mol. The molecule has 14 heteroatoms. The maximum atomic E-state index is 13.5. The van der Waals surface area contributed by atoms with Gasteiger partial charge in [-0.1, -0.05) is 12.6 Å². The number of Topliss-reactive ketones (excluding diaryl/α,β-unsaturated/α-hetero) is 1. The zero-order valence-electron chi connectivity index (χ0n) is 21.5. The van der Waals surface area contributed by atoms with Gasteiger partial charge in [0, 0.05) is 38.6 Å². The van der Waals surface area contributed by atoms with Crippen LogP contribution in [0.5, 0.6) is 0 Å². The summed E-state index contributed by atoms with van der Waals surface area (Å²) in [5.74, 6) is 0.286. The molecule has 1 amide bonds. The van der Waals surface area contributed by atoms with Crippen LogP contribution < -0.4 is 21.2 Å². The molecule has 0 aromatic carbocycles. The highest BCUT2D eigenvalue weighted by molar-refractivity contribution is 6.42. The minimum Gasteiger partial charge on any atom is -0.496 e. The number of nitrogens with one attached hydrogen (secondary N) is 2. The quantitative estimate of drug-likeness (QED) is 0.202. The van der Waals surface area contributed by atoms with E-state index < -0.39 is 11.7 Å². The predicted molar refractivity (Wildman–Crippen MR) is 141 cm³/mol. The van der Waals surface area contributed by atoms with Gasteiger partial charge in [0.2, 0.25) is 0 Å². The van der Waals surface area contributed by atoms with E-state index in [1.807, 2.05) is 23.1 Å². The summed E-state index contributed by atoms with van der Waals surface area (Å²) < 4.78 is 6.83. The number of H-pyrrole nitrogens is 2. The third kappa shape index (κ3) is 4.74. The smallest absolute Gasteiger partial charge is 0.295 e. The average Bonchev–Trinajstić information content (AvgIpc) is 3.73. The Morgan fingerprint density at radius 3 is 2.59 bits per heavy atom. The van der Waals surface area contributed by atoms with E-state index in [1.54, 1.807) is 13.1 Å². The van der Waals surface area contributed by atoms with Crippen molar-refractivity contribution in [3.63, 3.8) is 0 Å². The Morgan fingerprint density at radius 2 is 1.95 bits per heavy atom. The molecule has 1 aliphatic heterocycles. The summed E-state index contributed by atoms with van der Waals surface area (Å²) in [6.07, 6.45) is 6.03. The van der Waals surface area contributed by atoms with Gasteiger partial charge >= 0.3 is 0 Å². The Morgan fingerprint density at radius 1 is 1.15 bits per heavy atom. The molecule has 5 heterocycles. The SMILES string of the molecule is C=C/C(OC)=c1/c(C(=O)C(=O)N2CCN(c3n[nH]nc3-c3ccccn3)CC2)c[nH]/c1=C(/N)n1cnc(C)n1. The monoisotopic (exact) mass is 529 g/mol. The lowest BCUT2D eigenvalue weighted by Gasteiger charge is -2.34. The van der Waals surface area contributed by atoms with Crippen LogP contribution in [0.25, 0.3) is 23.0 Å². The van der Waals surface area contributed by atoms with Crippen LogP contribution in [-0.2, 0) is 9.53 Å². The van der Waals surface area contributed by atoms with Crippen LogP contribution in [0.2, 0.25) is 0 Å². The summed E-state index contributed by atoms with van der Waals surface area (Å²) in [5.41, 5.74) is 7.77. The molecule has 39 heavy (non-hydrogen) atoms. The highest BCUT2D eigenvalue weighted by Crippen LogP contribution is 2.25. The Kier molecular flexibility index (Phi) is 6.91. The lowest BCUT2D eigenvalue weighted by molar-refractivity contribution is -0.126. The van der Waals surface area contributed by atoms with Gasteiger partial charge in [0.15, 0.2) is 17.3 Å². The predicted octanol–water partition coefficient (Wildman–Crippen LogP) is -0.860. The highest BCUT2D eigenvalue weighted by atomic mass is 16.5. The van der Waals surface area contributed by atoms with E-state index in [0.717, 1.165) is 0 Å². The molecule has 0 saturated carbocycles. The third-order valence-electron chi connectivity index (χ3n) is 6.38. The first kappa shape index (κ1) is 25.4. The van der Waals surface area contributed by atoms with E-state index in [2.05, 4.69) is 42.0 Å². The maximum Gasteiger partial charge on any atom is 0.295 e. The number of methoxy groups -OCH3 is 1. The second-order valence-electron chi connectivity index (χ2n) is 8.67. The van der Waals surface area contributed by atoms with Gasteiger partial charge in [-0.15, -0.1) is 5.10 Å². The minimum atomic E-state index is -0.699. The van der Waals surface area contributed by atoms with Gasteiger partial charge < -0.3 is 25.3 Å². The number of carbonyl (C=O) groups is 2. The van der Waals surface area contributed by atoms with Gasteiger partial charge in [0.05, 0.1) is 28.9 Å². The van der Waals surface area contributed by atoms with Crippen LogP contribution in [0.1, 0.15) is 16.2 Å². The van der Waals surface area contributed by atoms with Crippen molar-refractivity contribution in [3.8, 4) is 11.4 Å². The first-order valence-corrected chi connectivity index (χ1v) is 12.1. The second-order valence-corrected chi connectivity index (χ2v) is 8.67. The summed E-state index contributed by atoms with van der Waals surface area (Å²) >= 11 is 0. The molecule has 4 aromatic heterocycles. The van der Waals surface area contributed by atoms with Crippen LogP contribution in [-0.4, -0.2) is 90.0 Å². The first-order valence-electron chi connectivity index (χ1n) is 12.1. The topological polar surface area (TPSA) is 177 Å². The number of rotatable bonds is 7. The molecule has 0 bridgehead atoms. The van der Waals surface area contributed by atoms with Crippen LogP contribution in [0.15, 0.2) is 49.6 Å². The Hall–Kier alpha value is -5.27. The van der Waals surface area contributed by atoms with Crippen molar-refractivity contribution >= 4 is 29.1 Å². The molecule has 200 valence electrons. The maximum absolute atomic E-state index is 13.5. The van der Waals surface area contributed by atoms with Gasteiger partial charge in [-0.25, -0.2) is 9.67 Å².